The highest BCUT2D eigenvalue weighted by Gasteiger charge is 2.15. The van der Waals surface area contributed by atoms with E-state index in [2.05, 4.69) is 13.2 Å². The van der Waals surface area contributed by atoms with Gasteiger partial charge in [-0.2, -0.15) is 0 Å². The van der Waals surface area contributed by atoms with Gasteiger partial charge in [0.2, 0.25) is 0 Å². The molecule has 0 aliphatic heterocycles. The van der Waals surface area contributed by atoms with Gasteiger partial charge in [0.15, 0.2) is 0 Å². The fraction of sp³-hybridized carbons (Fsp3) is 0.444. The van der Waals surface area contributed by atoms with Crippen molar-refractivity contribution >= 4 is 5.91 Å². The highest BCUT2D eigenvalue weighted by Crippen LogP contribution is 1.95. The zero-order valence-corrected chi connectivity index (χ0v) is 7.36. The fourth-order valence-corrected chi connectivity index (χ4v) is 0.830. The normalized spacial score (nSPS) is 11.8. The van der Waals surface area contributed by atoms with Gasteiger partial charge in [-0.3, -0.25) is 4.79 Å². The van der Waals surface area contributed by atoms with E-state index >= 15 is 0 Å². The Morgan fingerprint density at radius 1 is 1.50 bits per heavy atom. The van der Waals surface area contributed by atoms with Crippen molar-refractivity contribution < 1.29 is 9.90 Å². The van der Waals surface area contributed by atoms with Gasteiger partial charge < -0.3 is 10.0 Å². The van der Waals surface area contributed by atoms with Gasteiger partial charge in [0.05, 0.1) is 0 Å². The number of rotatable bonds is 5. The standard InChI is InChI=1S/C9H15NO2/c1-4-6-10(7-5-2)9(12)8(3)11/h4-5,8,11H,1-2,6-7H2,3H3/t8-/m0/s1. The van der Waals surface area contributed by atoms with Gasteiger partial charge in [-0.25, -0.2) is 0 Å². The van der Waals surface area contributed by atoms with E-state index < -0.39 is 6.10 Å². The van der Waals surface area contributed by atoms with Crippen LogP contribution < -0.4 is 0 Å². The maximum atomic E-state index is 11.2. The molecule has 1 atom stereocenters. The summed E-state index contributed by atoms with van der Waals surface area (Å²) in [5.74, 6) is -0.296. The fourth-order valence-electron chi connectivity index (χ4n) is 0.830. The maximum absolute atomic E-state index is 11.2. The van der Waals surface area contributed by atoms with E-state index in [0.29, 0.717) is 13.1 Å². The van der Waals surface area contributed by atoms with Gasteiger partial charge in [0.25, 0.3) is 5.91 Å². The quantitative estimate of drug-likeness (QED) is 0.611. The third-order valence-electron chi connectivity index (χ3n) is 1.37. The number of nitrogens with zero attached hydrogens (tertiary/aromatic N) is 1. The van der Waals surface area contributed by atoms with E-state index in [4.69, 9.17) is 5.11 Å². The number of amides is 1. The predicted molar refractivity (Wildman–Crippen MR) is 48.7 cm³/mol. The van der Waals surface area contributed by atoms with Crippen LogP contribution >= 0.6 is 0 Å². The molecule has 0 aromatic carbocycles. The molecule has 1 N–H and O–H groups in total. The molecule has 1 amide bonds. The zero-order valence-electron chi connectivity index (χ0n) is 7.36. The molecular weight excluding hydrogens is 154 g/mol. The van der Waals surface area contributed by atoms with E-state index in [0.717, 1.165) is 0 Å². The predicted octanol–water partition coefficient (Wildman–Crippen LogP) is 0.568. The Bertz CT molecular complexity index is 165. The zero-order chi connectivity index (χ0) is 9.56. The minimum absolute atomic E-state index is 0.296. The molecule has 0 rings (SSSR count). The minimum Gasteiger partial charge on any atom is -0.384 e. The van der Waals surface area contributed by atoms with E-state index in [1.54, 1.807) is 12.2 Å². The summed E-state index contributed by atoms with van der Waals surface area (Å²) >= 11 is 0. The van der Waals surface area contributed by atoms with Gasteiger partial charge in [-0.1, -0.05) is 12.2 Å². The van der Waals surface area contributed by atoms with E-state index in [-0.39, 0.29) is 5.91 Å². The molecule has 68 valence electrons. The lowest BCUT2D eigenvalue weighted by atomic mass is 10.3. The Morgan fingerprint density at radius 3 is 2.17 bits per heavy atom. The lowest BCUT2D eigenvalue weighted by molar-refractivity contribution is -0.138. The number of aliphatic hydroxyl groups is 1. The van der Waals surface area contributed by atoms with Crippen LogP contribution in [0.3, 0.4) is 0 Å². The largest absolute Gasteiger partial charge is 0.384 e. The van der Waals surface area contributed by atoms with E-state index in [9.17, 15) is 4.79 Å². The molecule has 0 bridgehead atoms. The number of hydrogen-bond donors (Lipinski definition) is 1. The Hall–Kier alpha value is -1.09. The van der Waals surface area contributed by atoms with Gasteiger partial charge >= 0.3 is 0 Å². The molecular formula is C9H15NO2. The van der Waals surface area contributed by atoms with Gasteiger partial charge in [0.1, 0.15) is 6.10 Å². The average Bonchev–Trinajstić information content (AvgIpc) is 2.03. The molecule has 12 heavy (non-hydrogen) atoms. The van der Waals surface area contributed by atoms with Crippen molar-refractivity contribution in [3.05, 3.63) is 25.3 Å². The maximum Gasteiger partial charge on any atom is 0.251 e. The Balaban J connectivity index is 4.17. The summed E-state index contributed by atoms with van der Waals surface area (Å²) in [7, 11) is 0. The highest BCUT2D eigenvalue weighted by atomic mass is 16.3. The third kappa shape index (κ3) is 3.34. The van der Waals surface area contributed by atoms with Crippen molar-refractivity contribution in [1.29, 1.82) is 0 Å². The van der Waals surface area contributed by atoms with Crippen molar-refractivity contribution in [2.45, 2.75) is 13.0 Å². The van der Waals surface area contributed by atoms with Crippen LogP contribution in [0.2, 0.25) is 0 Å². The molecule has 3 heteroatoms. The molecule has 0 spiro atoms. The SMILES string of the molecule is C=CCN(CC=C)C(=O)[C@H](C)O. The molecule has 0 aromatic rings. The van der Waals surface area contributed by atoms with Crippen LogP contribution in [0.25, 0.3) is 0 Å². The third-order valence-corrected chi connectivity index (χ3v) is 1.37. The van der Waals surface area contributed by atoms with Crippen molar-refractivity contribution in [1.82, 2.24) is 4.90 Å². The molecule has 0 unspecified atom stereocenters. The summed E-state index contributed by atoms with van der Waals surface area (Å²) in [6.45, 7) is 9.36. The highest BCUT2D eigenvalue weighted by molar-refractivity contribution is 5.80. The van der Waals surface area contributed by atoms with Crippen LogP contribution in [0.1, 0.15) is 6.92 Å². The van der Waals surface area contributed by atoms with E-state index in [1.807, 2.05) is 0 Å². The molecule has 0 aliphatic carbocycles. The second-order valence-corrected chi connectivity index (χ2v) is 2.50. The van der Waals surface area contributed by atoms with Gasteiger partial charge in [-0.05, 0) is 6.92 Å². The second-order valence-electron chi connectivity index (χ2n) is 2.50. The molecule has 0 aromatic heterocycles. The first-order valence-electron chi connectivity index (χ1n) is 3.82. The van der Waals surface area contributed by atoms with Crippen molar-refractivity contribution in [3.8, 4) is 0 Å². The first kappa shape index (κ1) is 10.9. The van der Waals surface area contributed by atoms with Crippen LogP contribution in [-0.2, 0) is 4.79 Å². The van der Waals surface area contributed by atoms with Crippen LogP contribution in [0.5, 0.6) is 0 Å². The molecule has 0 saturated carbocycles. The van der Waals surface area contributed by atoms with Gasteiger partial charge in [0, 0.05) is 13.1 Å². The average molecular weight is 169 g/mol. The summed E-state index contributed by atoms with van der Waals surface area (Å²) in [6, 6.07) is 0. The first-order valence-corrected chi connectivity index (χ1v) is 3.82. The van der Waals surface area contributed by atoms with Crippen LogP contribution in [0.4, 0.5) is 0 Å². The summed E-state index contributed by atoms with van der Waals surface area (Å²) in [4.78, 5) is 12.7. The summed E-state index contributed by atoms with van der Waals surface area (Å²) < 4.78 is 0. The Morgan fingerprint density at radius 2 is 1.92 bits per heavy atom. The second kappa shape index (κ2) is 5.55. The summed E-state index contributed by atoms with van der Waals surface area (Å²) in [5.41, 5.74) is 0. The summed E-state index contributed by atoms with van der Waals surface area (Å²) in [5, 5.41) is 8.98. The number of aliphatic hydroxyl groups excluding tert-OH is 1. The summed E-state index contributed by atoms with van der Waals surface area (Å²) in [6.07, 6.45) is 2.28. The van der Waals surface area contributed by atoms with E-state index in [1.165, 1.54) is 11.8 Å². The van der Waals surface area contributed by atoms with Crippen LogP contribution in [-0.4, -0.2) is 35.1 Å². The number of hydrogen-bond acceptors (Lipinski definition) is 2. The molecule has 3 nitrogen and oxygen atoms in total. The van der Waals surface area contributed by atoms with Crippen molar-refractivity contribution in [2.24, 2.45) is 0 Å². The molecule has 0 heterocycles. The number of carbonyl (C=O) groups excluding carboxylic acids is 1. The van der Waals surface area contributed by atoms with Crippen LogP contribution in [0.15, 0.2) is 25.3 Å². The molecule has 0 aliphatic rings. The lowest BCUT2D eigenvalue weighted by Gasteiger charge is -2.20. The molecule has 0 fully saturated rings. The first-order chi connectivity index (χ1) is 5.63. The Kier molecular flexibility index (Phi) is 5.04. The molecule has 0 radical (unpaired) electrons. The lowest BCUT2D eigenvalue weighted by Crippen LogP contribution is -2.37. The molecule has 0 saturated heterocycles. The Labute approximate surface area is 73.0 Å². The number of carbonyl (C=O) groups is 1. The van der Waals surface area contributed by atoms with Crippen molar-refractivity contribution in [2.75, 3.05) is 13.1 Å². The smallest absolute Gasteiger partial charge is 0.251 e. The van der Waals surface area contributed by atoms with Crippen LogP contribution in [0, 0.1) is 0 Å². The van der Waals surface area contributed by atoms with Gasteiger partial charge in [-0.15, -0.1) is 13.2 Å². The minimum atomic E-state index is -0.954. The monoisotopic (exact) mass is 169 g/mol. The topological polar surface area (TPSA) is 40.5 Å². The van der Waals surface area contributed by atoms with Crippen molar-refractivity contribution in [3.63, 3.8) is 0 Å².